The van der Waals surface area contributed by atoms with E-state index in [1.165, 1.54) is 6.26 Å². The fourth-order valence-corrected chi connectivity index (χ4v) is 5.43. The van der Waals surface area contributed by atoms with Crippen LogP contribution in [0.4, 0.5) is 5.95 Å². The number of nitrogens with zero attached hydrogens (tertiary/aromatic N) is 4. The molecule has 0 radical (unpaired) electrons. The van der Waals surface area contributed by atoms with Crippen LogP contribution in [0.5, 0.6) is 5.75 Å². The van der Waals surface area contributed by atoms with Gasteiger partial charge in [0.05, 0.1) is 5.69 Å². The highest BCUT2D eigenvalue weighted by Gasteiger charge is 2.23. The molecule has 0 spiro atoms. The number of aromatic nitrogens is 3. The molecule has 1 aliphatic rings. The van der Waals surface area contributed by atoms with E-state index >= 15 is 0 Å². The number of aryl methyl sites for hydroxylation is 1. The molecule has 154 valence electrons. The number of anilines is 1. The van der Waals surface area contributed by atoms with Gasteiger partial charge in [0.1, 0.15) is 17.3 Å². The van der Waals surface area contributed by atoms with Crippen molar-refractivity contribution in [2.24, 2.45) is 0 Å². The monoisotopic (exact) mass is 433 g/mol. The molecule has 1 aliphatic heterocycles. The van der Waals surface area contributed by atoms with Gasteiger partial charge in [-0.1, -0.05) is 0 Å². The molecule has 0 amide bonds. The molecule has 3 aromatic rings. The van der Waals surface area contributed by atoms with Crippen molar-refractivity contribution in [1.29, 1.82) is 0 Å². The van der Waals surface area contributed by atoms with E-state index in [0.717, 1.165) is 29.5 Å². The number of piperidine rings is 1. The van der Waals surface area contributed by atoms with Gasteiger partial charge in [-0.15, -0.1) is 21.5 Å². The highest BCUT2D eigenvalue weighted by atomic mass is 32.2. The third-order valence-electron chi connectivity index (χ3n) is 4.98. The van der Waals surface area contributed by atoms with Gasteiger partial charge in [-0.3, -0.25) is 4.90 Å². The van der Waals surface area contributed by atoms with E-state index in [2.05, 4.69) is 20.5 Å². The van der Waals surface area contributed by atoms with Crippen molar-refractivity contribution >= 4 is 37.2 Å². The van der Waals surface area contributed by atoms with Crippen LogP contribution in [-0.2, 0) is 9.84 Å². The van der Waals surface area contributed by atoms with Crippen LogP contribution in [0, 0.1) is 6.92 Å². The molecule has 4 rings (SSSR count). The van der Waals surface area contributed by atoms with Crippen LogP contribution in [0.25, 0.3) is 21.3 Å². The van der Waals surface area contributed by atoms with Gasteiger partial charge in [-0.25, -0.2) is 13.4 Å². The minimum absolute atomic E-state index is 0.0621. The molecule has 1 aromatic carbocycles. The number of aromatic hydroxyl groups is 1. The summed E-state index contributed by atoms with van der Waals surface area (Å²) in [6, 6.07) is 5.74. The average Bonchev–Trinajstić information content (AvgIpc) is 3.11. The number of phenolic OH excluding ortho intramolecular Hbond substituents is 1. The lowest BCUT2D eigenvalue weighted by Gasteiger charge is -2.32. The number of benzene rings is 1. The summed E-state index contributed by atoms with van der Waals surface area (Å²) in [5, 5.41) is 25.1. The van der Waals surface area contributed by atoms with Gasteiger partial charge < -0.3 is 10.4 Å². The zero-order valence-electron chi connectivity index (χ0n) is 16.3. The van der Waals surface area contributed by atoms with Crippen molar-refractivity contribution in [2.45, 2.75) is 25.8 Å². The third kappa shape index (κ3) is 4.49. The maximum absolute atomic E-state index is 11.6. The summed E-state index contributed by atoms with van der Waals surface area (Å²) >= 11 is 1.57. The summed E-state index contributed by atoms with van der Waals surface area (Å²) in [5.74, 6) is 0.660. The molecular weight excluding hydrogens is 410 g/mol. The summed E-state index contributed by atoms with van der Waals surface area (Å²) < 4.78 is 24.1. The van der Waals surface area contributed by atoms with Crippen LogP contribution >= 0.6 is 11.3 Å². The van der Waals surface area contributed by atoms with Crippen LogP contribution in [0.15, 0.2) is 23.6 Å². The number of thiophene rings is 1. The Morgan fingerprint density at radius 2 is 2.14 bits per heavy atom. The van der Waals surface area contributed by atoms with Gasteiger partial charge >= 0.3 is 0 Å². The second-order valence-electron chi connectivity index (χ2n) is 7.48. The van der Waals surface area contributed by atoms with E-state index < -0.39 is 9.84 Å². The minimum atomic E-state index is -3.05. The number of rotatable bonds is 5. The van der Waals surface area contributed by atoms with Crippen molar-refractivity contribution in [3.05, 3.63) is 29.3 Å². The molecule has 0 aliphatic carbocycles. The summed E-state index contributed by atoms with van der Waals surface area (Å²) in [5.41, 5.74) is 1.82. The Kier molecular flexibility index (Phi) is 5.41. The van der Waals surface area contributed by atoms with Gasteiger partial charge in [0.25, 0.3) is 0 Å². The van der Waals surface area contributed by atoms with Crippen molar-refractivity contribution in [1.82, 2.24) is 20.1 Å². The average molecular weight is 434 g/mol. The normalized spacial score (nSPS) is 18.2. The van der Waals surface area contributed by atoms with Crippen LogP contribution in [0.1, 0.15) is 18.5 Å². The van der Waals surface area contributed by atoms with Crippen LogP contribution in [-0.4, -0.2) is 64.9 Å². The van der Waals surface area contributed by atoms with Gasteiger partial charge in [0.15, 0.2) is 9.84 Å². The lowest BCUT2D eigenvalue weighted by Crippen LogP contribution is -2.44. The van der Waals surface area contributed by atoms with Crippen LogP contribution in [0.3, 0.4) is 0 Å². The predicted octanol–water partition coefficient (Wildman–Crippen LogP) is 2.65. The first-order valence-corrected chi connectivity index (χ1v) is 12.3. The fraction of sp³-hybridized carbons (Fsp3) is 0.421. The number of fused-ring (bicyclic) bond motifs is 1. The van der Waals surface area contributed by atoms with E-state index in [1.807, 2.05) is 35.4 Å². The van der Waals surface area contributed by atoms with E-state index in [4.69, 9.17) is 0 Å². The van der Waals surface area contributed by atoms with Crippen LogP contribution in [0.2, 0.25) is 0 Å². The van der Waals surface area contributed by atoms with E-state index in [-0.39, 0.29) is 17.7 Å². The maximum atomic E-state index is 11.6. The molecule has 0 bridgehead atoms. The standard InChI is InChI=1S/C19H23N5O3S2/c1-12-17(15-5-6-16-14(18(15)25)7-9-28-16)22-23-19(20-12)21-13-4-3-8-24(10-13)11-29(2,26)27/h5-7,9,13,25H,3-4,8,10-11H2,1-2H3,(H,20,21,23)/t13-/m1/s1. The fourth-order valence-electron chi connectivity index (χ4n) is 3.74. The molecule has 1 saturated heterocycles. The van der Waals surface area contributed by atoms with Crippen molar-refractivity contribution < 1.29 is 13.5 Å². The number of nitrogens with one attached hydrogen (secondary N) is 1. The number of phenols is 1. The molecule has 8 nitrogen and oxygen atoms in total. The molecule has 2 N–H and O–H groups in total. The zero-order chi connectivity index (χ0) is 20.6. The summed E-state index contributed by atoms with van der Waals surface area (Å²) in [7, 11) is -3.05. The Morgan fingerprint density at radius 3 is 2.90 bits per heavy atom. The second kappa shape index (κ2) is 7.85. The summed E-state index contributed by atoms with van der Waals surface area (Å²) in [6.45, 7) is 3.22. The smallest absolute Gasteiger partial charge is 0.243 e. The quantitative estimate of drug-likeness (QED) is 0.632. The predicted molar refractivity (Wildman–Crippen MR) is 115 cm³/mol. The maximum Gasteiger partial charge on any atom is 0.243 e. The number of hydrogen-bond donors (Lipinski definition) is 2. The molecule has 2 aromatic heterocycles. The Balaban J connectivity index is 1.52. The number of hydrogen-bond acceptors (Lipinski definition) is 9. The summed E-state index contributed by atoms with van der Waals surface area (Å²) in [6.07, 6.45) is 3.08. The zero-order valence-corrected chi connectivity index (χ0v) is 17.9. The Labute approximate surface area is 173 Å². The van der Waals surface area contributed by atoms with E-state index in [0.29, 0.717) is 29.4 Å². The van der Waals surface area contributed by atoms with Gasteiger partial charge in [0.2, 0.25) is 5.95 Å². The molecule has 29 heavy (non-hydrogen) atoms. The summed E-state index contributed by atoms with van der Waals surface area (Å²) in [4.78, 5) is 6.45. The highest BCUT2D eigenvalue weighted by molar-refractivity contribution is 7.90. The molecule has 1 atom stereocenters. The SMILES string of the molecule is Cc1nc(N[C@@H]2CCCN(CS(C)(=O)=O)C2)nnc1-c1ccc2sccc2c1O. The van der Waals surface area contributed by atoms with Crippen molar-refractivity contribution in [2.75, 3.05) is 30.5 Å². The first-order chi connectivity index (χ1) is 13.8. The largest absolute Gasteiger partial charge is 0.507 e. The Bertz CT molecular complexity index is 1150. The Morgan fingerprint density at radius 1 is 1.31 bits per heavy atom. The number of likely N-dealkylation sites (tertiary alicyclic amines) is 1. The molecule has 10 heteroatoms. The third-order valence-corrected chi connectivity index (χ3v) is 6.70. The topological polar surface area (TPSA) is 108 Å². The minimum Gasteiger partial charge on any atom is -0.507 e. The van der Waals surface area contributed by atoms with Crippen molar-refractivity contribution in [3.63, 3.8) is 0 Å². The van der Waals surface area contributed by atoms with E-state index in [9.17, 15) is 13.5 Å². The first kappa shape index (κ1) is 20.0. The number of sulfone groups is 1. The molecular formula is C19H23N5O3S2. The first-order valence-electron chi connectivity index (χ1n) is 9.37. The highest BCUT2D eigenvalue weighted by Crippen LogP contribution is 2.37. The van der Waals surface area contributed by atoms with Gasteiger partial charge in [0, 0.05) is 34.5 Å². The van der Waals surface area contributed by atoms with Gasteiger partial charge in [-0.2, -0.15) is 0 Å². The lowest BCUT2D eigenvalue weighted by atomic mass is 10.1. The lowest BCUT2D eigenvalue weighted by molar-refractivity contribution is 0.246. The van der Waals surface area contributed by atoms with E-state index in [1.54, 1.807) is 11.3 Å². The molecule has 1 fully saturated rings. The Hall–Kier alpha value is -2.30. The van der Waals surface area contributed by atoms with Gasteiger partial charge in [-0.05, 0) is 49.9 Å². The molecule has 0 saturated carbocycles. The van der Waals surface area contributed by atoms with Crippen LogP contribution < -0.4 is 5.32 Å². The molecule has 0 unspecified atom stereocenters. The second-order valence-corrected chi connectivity index (χ2v) is 10.5. The molecule has 3 heterocycles. The van der Waals surface area contributed by atoms with Crippen molar-refractivity contribution in [3.8, 4) is 17.0 Å².